The fourth-order valence-electron chi connectivity index (χ4n) is 4.60. The molecule has 1 heterocycles. The zero-order valence-corrected chi connectivity index (χ0v) is 25.0. The SMILES string of the molecule is CCC[CH2][Sn]([CH2]CCC)([CH2]CCC)[c]1cc(C=Cc2ccc(N(C)C)cc2)cnc1OCCO. The van der Waals surface area contributed by atoms with Gasteiger partial charge in [0.1, 0.15) is 0 Å². The Labute approximate surface area is 212 Å². The summed E-state index contributed by atoms with van der Waals surface area (Å²) in [5, 5.41) is 9.41. The molecule has 2 rings (SSSR count). The number of aliphatic hydroxyl groups excluding tert-OH is 1. The Balaban J connectivity index is 2.47. The van der Waals surface area contributed by atoms with Gasteiger partial charge in [0.15, 0.2) is 0 Å². The summed E-state index contributed by atoms with van der Waals surface area (Å²) in [6.45, 7) is 7.24. The van der Waals surface area contributed by atoms with Crippen LogP contribution in [0.1, 0.15) is 70.4 Å². The Morgan fingerprint density at radius 3 is 1.94 bits per heavy atom. The zero-order valence-electron chi connectivity index (χ0n) is 22.1. The van der Waals surface area contributed by atoms with Crippen LogP contribution in [0.15, 0.2) is 36.5 Å². The third-order valence-corrected chi connectivity index (χ3v) is 22.2. The van der Waals surface area contributed by atoms with Gasteiger partial charge in [0.05, 0.1) is 0 Å². The van der Waals surface area contributed by atoms with Gasteiger partial charge in [0.25, 0.3) is 0 Å². The summed E-state index contributed by atoms with van der Waals surface area (Å²) in [7, 11) is 4.12. The van der Waals surface area contributed by atoms with E-state index in [-0.39, 0.29) is 6.61 Å². The van der Waals surface area contributed by atoms with Gasteiger partial charge in [-0.2, -0.15) is 0 Å². The van der Waals surface area contributed by atoms with E-state index in [1.54, 1.807) is 0 Å². The molecular formula is C29H46N2O2Sn. The fraction of sp³-hybridized carbons (Fsp3) is 0.552. The minimum atomic E-state index is -2.75. The zero-order chi connectivity index (χ0) is 24.8. The van der Waals surface area contributed by atoms with Crippen LogP contribution in [-0.4, -0.2) is 55.8 Å². The summed E-state index contributed by atoms with van der Waals surface area (Å²) in [6, 6.07) is 11.0. The molecule has 0 atom stereocenters. The molecule has 0 spiro atoms. The van der Waals surface area contributed by atoms with Gasteiger partial charge in [-0.05, 0) is 0 Å². The summed E-state index contributed by atoms with van der Waals surface area (Å²) in [5.41, 5.74) is 3.53. The third-order valence-electron chi connectivity index (χ3n) is 6.68. The molecule has 0 aliphatic carbocycles. The fourth-order valence-corrected chi connectivity index (χ4v) is 20.9. The topological polar surface area (TPSA) is 45.6 Å². The average molecular weight is 573 g/mol. The summed E-state index contributed by atoms with van der Waals surface area (Å²) in [6.07, 6.45) is 13.9. The van der Waals surface area contributed by atoms with Crippen LogP contribution in [0.25, 0.3) is 12.2 Å². The molecule has 188 valence electrons. The molecule has 5 heteroatoms. The minimum absolute atomic E-state index is 0.0210. The number of anilines is 1. The Bertz CT molecular complexity index is 843. The van der Waals surface area contributed by atoms with E-state index in [0.29, 0.717) is 6.61 Å². The van der Waals surface area contributed by atoms with E-state index < -0.39 is 18.4 Å². The number of benzene rings is 1. The summed E-state index contributed by atoms with van der Waals surface area (Å²) < 4.78 is 11.6. The first-order valence-electron chi connectivity index (χ1n) is 13.2. The van der Waals surface area contributed by atoms with E-state index in [2.05, 4.69) is 82.3 Å². The molecule has 2 aromatic rings. The van der Waals surface area contributed by atoms with Crippen LogP contribution in [0.3, 0.4) is 0 Å². The van der Waals surface area contributed by atoms with Gasteiger partial charge in [0, 0.05) is 0 Å². The van der Waals surface area contributed by atoms with Gasteiger partial charge in [0.2, 0.25) is 0 Å². The first-order valence-corrected chi connectivity index (χ1v) is 20.7. The molecule has 34 heavy (non-hydrogen) atoms. The van der Waals surface area contributed by atoms with Gasteiger partial charge in [-0.3, -0.25) is 0 Å². The second kappa shape index (κ2) is 15.5. The Hall–Kier alpha value is -1.53. The van der Waals surface area contributed by atoms with Crippen LogP contribution in [0.2, 0.25) is 13.3 Å². The van der Waals surface area contributed by atoms with Crippen molar-refractivity contribution in [1.29, 1.82) is 0 Å². The van der Waals surface area contributed by atoms with Crippen molar-refractivity contribution in [1.82, 2.24) is 4.98 Å². The molecular weight excluding hydrogens is 527 g/mol. The molecule has 0 amide bonds. The molecule has 4 nitrogen and oxygen atoms in total. The van der Waals surface area contributed by atoms with Crippen molar-refractivity contribution >= 4 is 39.8 Å². The van der Waals surface area contributed by atoms with Gasteiger partial charge in [-0.25, -0.2) is 0 Å². The molecule has 0 unspecified atom stereocenters. The number of nitrogens with zero attached hydrogens (tertiary/aromatic N) is 2. The Morgan fingerprint density at radius 1 is 0.882 bits per heavy atom. The van der Waals surface area contributed by atoms with Gasteiger partial charge >= 0.3 is 213 Å². The maximum atomic E-state index is 9.41. The van der Waals surface area contributed by atoms with Crippen LogP contribution in [0.5, 0.6) is 5.88 Å². The predicted molar refractivity (Wildman–Crippen MR) is 151 cm³/mol. The second-order valence-corrected chi connectivity index (χ2v) is 22.7. The molecule has 1 aromatic heterocycles. The molecule has 1 N–H and O–H groups in total. The van der Waals surface area contributed by atoms with E-state index in [4.69, 9.17) is 9.72 Å². The number of rotatable bonds is 16. The summed E-state index contributed by atoms with van der Waals surface area (Å²) >= 11 is -2.75. The normalized spacial score (nSPS) is 11.8. The number of unbranched alkanes of at least 4 members (excludes halogenated alkanes) is 3. The quantitative estimate of drug-likeness (QED) is 0.226. The Kier molecular flexibility index (Phi) is 13.1. The first-order chi connectivity index (χ1) is 16.5. The number of pyridine rings is 1. The molecule has 0 saturated heterocycles. The van der Waals surface area contributed by atoms with Crippen molar-refractivity contribution in [2.75, 3.05) is 32.2 Å². The molecule has 0 fully saturated rings. The van der Waals surface area contributed by atoms with Crippen LogP contribution in [0, 0.1) is 0 Å². The standard InChI is InChI=1S/C17H19N2O2.3C4H9.Sn/c1-19(2)16-8-5-14(6-9-16)3-4-15-7-10-17(18-13-15)21-12-11-20;3*1-3-4-2;/h3-9,13,20H,11-12H2,1-2H3;3*1,3-4H2,2H3;. The van der Waals surface area contributed by atoms with Gasteiger partial charge < -0.3 is 0 Å². The van der Waals surface area contributed by atoms with Crippen LogP contribution in [-0.2, 0) is 0 Å². The monoisotopic (exact) mass is 574 g/mol. The molecule has 0 saturated carbocycles. The molecule has 1 aromatic carbocycles. The van der Waals surface area contributed by atoms with Crippen molar-refractivity contribution in [3.8, 4) is 5.88 Å². The van der Waals surface area contributed by atoms with E-state index in [1.165, 1.54) is 66.7 Å². The van der Waals surface area contributed by atoms with Crippen LogP contribution < -0.4 is 13.2 Å². The van der Waals surface area contributed by atoms with E-state index in [1.807, 2.05) is 6.20 Å². The van der Waals surface area contributed by atoms with Crippen LogP contribution >= 0.6 is 0 Å². The molecule has 0 aliphatic heterocycles. The summed E-state index contributed by atoms with van der Waals surface area (Å²) in [5.74, 6) is 0.792. The molecule has 0 radical (unpaired) electrons. The third kappa shape index (κ3) is 8.60. The second-order valence-electron chi connectivity index (χ2n) is 9.60. The number of hydrogen-bond donors (Lipinski definition) is 1. The van der Waals surface area contributed by atoms with E-state index in [0.717, 1.165) is 11.4 Å². The number of ether oxygens (including phenoxy) is 1. The number of aromatic nitrogens is 1. The first kappa shape index (κ1) is 28.7. The van der Waals surface area contributed by atoms with Crippen molar-refractivity contribution in [3.63, 3.8) is 0 Å². The van der Waals surface area contributed by atoms with Gasteiger partial charge in [-0.1, -0.05) is 0 Å². The predicted octanol–water partition coefficient (Wildman–Crippen LogP) is 6.75. The van der Waals surface area contributed by atoms with Gasteiger partial charge in [-0.15, -0.1) is 0 Å². The number of hydrogen-bond acceptors (Lipinski definition) is 4. The Morgan fingerprint density at radius 2 is 1.44 bits per heavy atom. The van der Waals surface area contributed by atoms with E-state index >= 15 is 0 Å². The van der Waals surface area contributed by atoms with Crippen molar-refractivity contribution in [2.24, 2.45) is 0 Å². The van der Waals surface area contributed by atoms with E-state index in [9.17, 15) is 5.11 Å². The molecule has 0 aliphatic rings. The summed E-state index contributed by atoms with van der Waals surface area (Å²) in [4.78, 5) is 6.93. The van der Waals surface area contributed by atoms with Crippen molar-refractivity contribution < 1.29 is 9.84 Å². The van der Waals surface area contributed by atoms with Crippen LogP contribution in [0.4, 0.5) is 5.69 Å². The average Bonchev–Trinajstić information content (AvgIpc) is 2.86. The number of aliphatic hydroxyl groups is 1. The van der Waals surface area contributed by atoms with Crippen molar-refractivity contribution in [2.45, 2.75) is 72.6 Å². The van der Waals surface area contributed by atoms with Crippen molar-refractivity contribution in [3.05, 3.63) is 47.7 Å². The maximum absolute atomic E-state index is 9.41. The molecule has 0 bridgehead atoms.